The molecule has 0 atom stereocenters. The number of benzene rings is 1. The molecule has 1 amide bonds. The van der Waals surface area contributed by atoms with Gasteiger partial charge in [-0.1, -0.05) is 41.0 Å². The van der Waals surface area contributed by atoms with Crippen LogP contribution in [0.5, 0.6) is 0 Å². The Hall–Kier alpha value is -1.97. The smallest absolute Gasteiger partial charge is 0.234 e. The first-order valence-electron chi connectivity index (χ1n) is 8.73. The predicted molar refractivity (Wildman–Crippen MR) is 127 cm³/mol. The van der Waals surface area contributed by atoms with E-state index in [2.05, 4.69) is 26.6 Å². The molecular weight excluding hydrogens is 479 g/mol. The van der Waals surface area contributed by atoms with E-state index in [9.17, 15) is 4.79 Å². The zero-order chi connectivity index (χ0) is 21.1. The van der Waals surface area contributed by atoms with E-state index in [0.29, 0.717) is 20.8 Å². The molecule has 152 valence electrons. The molecule has 0 bridgehead atoms. The number of aromatic nitrogens is 3. The first-order chi connectivity index (χ1) is 14.5. The van der Waals surface area contributed by atoms with E-state index in [1.54, 1.807) is 40.9 Å². The van der Waals surface area contributed by atoms with Crippen molar-refractivity contribution >= 4 is 69.2 Å². The Morgan fingerprint density at radius 2 is 2.00 bits per heavy atom. The fraction of sp³-hybridized carbons (Fsp3) is 0.100. The van der Waals surface area contributed by atoms with E-state index in [1.165, 1.54) is 11.8 Å². The molecule has 5 nitrogen and oxygen atoms in total. The molecule has 0 aliphatic carbocycles. The predicted octanol–water partition coefficient (Wildman–Crippen LogP) is 6.67. The number of aryl methyl sites for hydroxylation is 1. The molecule has 0 spiro atoms. The lowest BCUT2D eigenvalue weighted by Crippen LogP contribution is -2.14. The highest BCUT2D eigenvalue weighted by atomic mass is 35.5. The first kappa shape index (κ1) is 21.3. The molecule has 3 aromatic heterocycles. The van der Waals surface area contributed by atoms with E-state index < -0.39 is 0 Å². The number of thiophene rings is 1. The van der Waals surface area contributed by atoms with E-state index in [-0.39, 0.29) is 11.7 Å². The van der Waals surface area contributed by atoms with Gasteiger partial charge in [-0.05, 0) is 48.7 Å². The molecule has 0 fully saturated rings. The molecule has 0 unspecified atom stereocenters. The molecule has 0 radical (unpaired) electrons. The van der Waals surface area contributed by atoms with E-state index in [0.717, 1.165) is 26.1 Å². The molecule has 4 aromatic rings. The highest BCUT2D eigenvalue weighted by Gasteiger charge is 2.14. The third-order valence-electron chi connectivity index (χ3n) is 3.96. The van der Waals surface area contributed by atoms with Crippen LogP contribution in [0.3, 0.4) is 0 Å². The van der Waals surface area contributed by atoms with Gasteiger partial charge in [0.1, 0.15) is 15.7 Å². The monoisotopic (exact) mass is 492 g/mol. The van der Waals surface area contributed by atoms with Crippen LogP contribution in [0.15, 0.2) is 52.9 Å². The Kier molecular flexibility index (Phi) is 6.70. The van der Waals surface area contributed by atoms with Crippen molar-refractivity contribution in [3.8, 4) is 20.5 Å². The minimum absolute atomic E-state index is 0.164. The van der Waals surface area contributed by atoms with Crippen molar-refractivity contribution in [3.05, 3.63) is 63.6 Å². The second kappa shape index (κ2) is 9.45. The van der Waals surface area contributed by atoms with Gasteiger partial charge in [0, 0.05) is 5.69 Å². The van der Waals surface area contributed by atoms with Crippen LogP contribution < -0.4 is 5.32 Å². The molecule has 30 heavy (non-hydrogen) atoms. The number of rotatable bonds is 6. The highest BCUT2D eigenvalue weighted by molar-refractivity contribution is 7.99. The molecule has 4 rings (SSSR count). The molecular formula is C20H14Cl2N4OS3. The van der Waals surface area contributed by atoms with Gasteiger partial charge in [0.15, 0.2) is 0 Å². The second-order valence-electron chi connectivity index (χ2n) is 6.13. The maximum Gasteiger partial charge on any atom is 0.234 e. The van der Waals surface area contributed by atoms with Gasteiger partial charge in [-0.2, -0.15) is 0 Å². The quantitative estimate of drug-likeness (QED) is 0.304. The number of thiazole rings is 1. The van der Waals surface area contributed by atoms with E-state index in [1.807, 2.05) is 30.5 Å². The summed E-state index contributed by atoms with van der Waals surface area (Å²) < 4.78 is 0. The number of carbonyl (C=O) groups is 1. The van der Waals surface area contributed by atoms with Gasteiger partial charge >= 0.3 is 0 Å². The third kappa shape index (κ3) is 5.01. The maximum absolute atomic E-state index is 12.2. The lowest BCUT2D eigenvalue weighted by Gasteiger charge is -2.06. The number of amides is 1. The SMILES string of the molecule is Cc1nc(-c2cccs2)sc1-c1ccc(SCC(=O)Nc2ccc(Cl)c(Cl)c2)nn1. The Morgan fingerprint density at radius 3 is 2.70 bits per heavy atom. The summed E-state index contributed by atoms with van der Waals surface area (Å²) in [7, 11) is 0. The number of nitrogens with one attached hydrogen (secondary N) is 1. The van der Waals surface area contributed by atoms with Crippen LogP contribution in [0.2, 0.25) is 10.0 Å². The van der Waals surface area contributed by atoms with Gasteiger partial charge < -0.3 is 5.32 Å². The van der Waals surface area contributed by atoms with Crippen LogP contribution in [0, 0.1) is 6.92 Å². The number of hydrogen-bond acceptors (Lipinski definition) is 7. The van der Waals surface area contributed by atoms with Crippen molar-refractivity contribution < 1.29 is 4.79 Å². The van der Waals surface area contributed by atoms with E-state index in [4.69, 9.17) is 23.2 Å². The van der Waals surface area contributed by atoms with Crippen LogP contribution in [-0.4, -0.2) is 26.8 Å². The average Bonchev–Trinajstić information content (AvgIpc) is 3.39. The molecule has 1 N–H and O–H groups in total. The third-order valence-corrected chi connectivity index (χ3v) is 7.83. The Bertz CT molecular complexity index is 1180. The van der Waals surface area contributed by atoms with Crippen molar-refractivity contribution in [1.82, 2.24) is 15.2 Å². The molecule has 0 aliphatic heterocycles. The number of anilines is 1. The van der Waals surface area contributed by atoms with E-state index >= 15 is 0 Å². The summed E-state index contributed by atoms with van der Waals surface area (Å²) in [5, 5.41) is 15.9. The largest absolute Gasteiger partial charge is 0.325 e. The minimum Gasteiger partial charge on any atom is -0.325 e. The minimum atomic E-state index is -0.164. The fourth-order valence-electron chi connectivity index (χ4n) is 2.57. The van der Waals surface area contributed by atoms with Crippen molar-refractivity contribution in [1.29, 1.82) is 0 Å². The highest BCUT2D eigenvalue weighted by Crippen LogP contribution is 2.36. The van der Waals surface area contributed by atoms with Gasteiger partial charge in [0.25, 0.3) is 0 Å². The Balaban J connectivity index is 1.38. The Labute approximate surface area is 195 Å². The lowest BCUT2D eigenvalue weighted by molar-refractivity contribution is -0.113. The van der Waals surface area contributed by atoms with Gasteiger partial charge in [-0.25, -0.2) is 4.98 Å². The molecule has 3 heterocycles. The summed E-state index contributed by atoms with van der Waals surface area (Å²) in [6.45, 7) is 1.97. The summed E-state index contributed by atoms with van der Waals surface area (Å²) in [4.78, 5) is 19.0. The van der Waals surface area contributed by atoms with Gasteiger partial charge in [0.05, 0.1) is 31.2 Å². The Morgan fingerprint density at radius 1 is 1.13 bits per heavy atom. The molecule has 1 aromatic carbocycles. The van der Waals surface area contributed by atoms with Gasteiger partial charge in [-0.3, -0.25) is 4.79 Å². The van der Waals surface area contributed by atoms with Crippen molar-refractivity contribution in [3.63, 3.8) is 0 Å². The van der Waals surface area contributed by atoms with Crippen molar-refractivity contribution in [2.24, 2.45) is 0 Å². The topological polar surface area (TPSA) is 67.8 Å². The molecule has 0 saturated heterocycles. The summed E-state index contributed by atoms with van der Waals surface area (Å²) >= 11 is 16.4. The number of carbonyl (C=O) groups excluding carboxylic acids is 1. The number of hydrogen-bond donors (Lipinski definition) is 1. The summed E-state index contributed by atoms with van der Waals surface area (Å²) in [5.74, 6) is 0.0410. The summed E-state index contributed by atoms with van der Waals surface area (Å²) in [6.07, 6.45) is 0. The van der Waals surface area contributed by atoms with Crippen molar-refractivity contribution in [2.75, 3.05) is 11.1 Å². The van der Waals surface area contributed by atoms with Crippen LogP contribution >= 0.6 is 57.6 Å². The van der Waals surface area contributed by atoms with Crippen molar-refractivity contribution in [2.45, 2.75) is 11.9 Å². The second-order valence-corrected chi connectivity index (χ2v) is 9.89. The molecule has 0 aliphatic rings. The standard InChI is InChI=1S/C20H14Cl2N4OS3/c1-11-19(30-20(23-11)16-3-2-8-28-16)15-6-7-18(26-25-15)29-10-17(27)24-12-4-5-13(21)14(22)9-12/h2-9H,10H2,1H3,(H,24,27). The summed E-state index contributed by atoms with van der Waals surface area (Å²) in [5.41, 5.74) is 2.30. The lowest BCUT2D eigenvalue weighted by atomic mass is 10.3. The average molecular weight is 493 g/mol. The first-order valence-corrected chi connectivity index (χ1v) is 12.2. The maximum atomic E-state index is 12.2. The number of nitrogens with zero attached hydrogens (tertiary/aromatic N) is 3. The normalized spacial score (nSPS) is 10.9. The van der Waals surface area contributed by atoms with Crippen LogP contribution in [0.1, 0.15) is 5.69 Å². The number of halogens is 2. The van der Waals surface area contributed by atoms with Crippen LogP contribution in [0.4, 0.5) is 5.69 Å². The number of thioether (sulfide) groups is 1. The zero-order valence-corrected chi connectivity index (χ0v) is 19.5. The van der Waals surface area contributed by atoms with Gasteiger partial charge in [-0.15, -0.1) is 32.9 Å². The molecule has 0 saturated carbocycles. The van der Waals surface area contributed by atoms with Gasteiger partial charge in [0.2, 0.25) is 5.91 Å². The van der Waals surface area contributed by atoms with Crippen LogP contribution in [0.25, 0.3) is 20.5 Å². The summed E-state index contributed by atoms with van der Waals surface area (Å²) in [6, 6.07) is 12.8. The van der Waals surface area contributed by atoms with Crippen LogP contribution in [-0.2, 0) is 4.79 Å². The molecule has 10 heteroatoms. The fourth-order valence-corrected chi connectivity index (χ4v) is 5.31. The zero-order valence-electron chi connectivity index (χ0n) is 15.6.